The number of hydrogen-bond donors (Lipinski definition) is 0. The molecule has 0 spiro atoms. The molecule has 0 bridgehead atoms. The van der Waals surface area contributed by atoms with Crippen molar-refractivity contribution in [3.8, 4) is 0 Å². The van der Waals surface area contributed by atoms with Gasteiger partial charge in [0.2, 0.25) is 0 Å². The van der Waals surface area contributed by atoms with Gasteiger partial charge in [0.15, 0.2) is 0 Å². The summed E-state index contributed by atoms with van der Waals surface area (Å²) >= 11 is 0. The summed E-state index contributed by atoms with van der Waals surface area (Å²) in [5.41, 5.74) is 1.87. The Bertz CT molecular complexity index is 880. The van der Waals surface area contributed by atoms with Gasteiger partial charge < -0.3 is 0 Å². The van der Waals surface area contributed by atoms with Crippen molar-refractivity contribution in [1.29, 1.82) is 0 Å². The molecule has 6 nitrogen and oxygen atoms in total. The molecule has 0 saturated carbocycles. The van der Waals surface area contributed by atoms with E-state index in [9.17, 15) is 16.8 Å². The van der Waals surface area contributed by atoms with Crippen molar-refractivity contribution in [3.63, 3.8) is 0 Å². The normalized spacial score (nSPS) is 14.7. The fourth-order valence-corrected chi connectivity index (χ4v) is 4.68. The number of aryl methyl sites for hydroxylation is 2. The molecule has 2 aromatic carbocycles. The van der Waals surface area contributed by atoms with Crippen molar-refractivity contribution in [3.05, 3.63) is 59.7 Å². The summed E-state index contributed by atoms with van der Waals surface area (Å²) in [6, 6.07) is 12.6. The van der Waals surface area contributed by atoms with Gasteiger partial charge in [-0.25, -0.2) is 0 Å². The second kappa shape index (κ2) is 8.52. The Kier molecular flexibility index (Phi) is 6.80. The summed E-state index contributed by atoms with van der Waals surface area (Å²) in [6.07, 6.45) is -1.41. The summed E-state index contributed by atoms with van der Waals surface area (Å²) in [5.74, 6) is 0. The highest BCUT2D eigenvalue weighted by atomic mass is 32.2. The third-order valence-corrected chi connectivity index (χ3v) is 6.73. The molecule has 2 aromatic rings. The summed E-state index contributed by atoms with van der Waals surface area (Å²) in [5, 5.41) is 0. The van der Waals surface area contributed by atoms with Gasteiger partial charge in [-0.15, -0.1) is 0 Å². The van der Waals surface area contributed by atoms with E-state index in [-0.39, 0.29) is 16.2 Å². The predicted molar refractivity (Wildman–Crippen MR) is 102 cm³/mol. The lowest BCUT2D eigenvalue weighted by Gasteiger charge is -2.18. The average molecular weight is 413 g/mol. The topological polar surface area (TPSA) is 86.7 Å². The molecule has 0 amide bonds. The smallest absolute Gasteiger partial charge is 0.263 e. The molecule has 0 heterocycles. The molecule has 2 atom stereocenters. The zero-order valence-corrected chi connectivity index (χ0v) is 17.4. The van der Waals surface area contributed by atoms with Crippen LogP contribution in [0.15, 0.2) is 58.3 Å². The SMILES string of the molecule is Cc1ccc(S(=O)(=O)OC(C)C[C@@H](C)OS(=O)(=O)c2ccc(C)cc2)cc1. The first kappa shape index (κ1) is 21.6. The summed E-state index contributed by atoms with van der Waals surface area (Å²) in [4.78, 5) is 0.113. The minimum absolute atomic E-state index is 0.0563. The fraction of sp³-hybridized carbons (Fsp3) is 0.368. The van der Waals surface area contributed by atoms with Crippen molar-refractivity contribution in [1.82, 2.24) is 0 Å². The van der Waals surface area contributed by atoms with E-state index in [2.05, 4.69) is 0 Å². The van der Waals surface area contributed by atoms with Crippen LogP contribution < -0.4 is 0 Å². The molecular weight excluding hydrogens is 388 g/mol. The van der Waals surface area contributed by atoms with Gasteiger partial charge in [0.25, 0.3) is 20.2 Å². The Morgan fingerprint density at radius 1 is 0.667 bits per heavy atom. The second-order valence-corrected chi connectivity index (χ2v) is 9.73. The van der Waals surface area contributed by atoms with Gasteiger partial charge in [0, 0.05) is 6.42 Å². The van der Waals surface area contributed by atoms with Crippen LogP contribution in [0.1, 0.15) is 31.4 Å². The third kappa shape index (κ3) is 6.14. The van der Waals surface area contributed by atoms with E-state index in [0.29, 0.717) is 0 Å². The second-order valence-electron chi connectivity index (χ2n) is 6.58. The van der Waals surface area contributed by atoms with Crippen molar-refractivity contribution in [2.24, 2.45) is 0 Å². The van der Waals surface area contributed by atoms with Crippen LogP contribution in [-0.2, 0) is 28.6 Å². The fourth-order valence-electron chi connectivity index (χ4n) is 2.50. The molecule has 1 unspecified atom stereocenters. The molecule has 0 aliphatic rings. The monoisotopic (exact) mass is 412 g/mol. The predicted octanol–water partition coefficient (Wildman–Crippen LogP) is 3.58. The van der Waals surface area contributed by atoms with Gasteiger partial charge in [-0.05, 0) is 52.0 Å². The maximum Gasteiger partial charge on any atom is 0.297 e. The molecule has 8 heteroatoms. The zero-order chi connectivity index (χ0) is 20.2. The highest BCUT2D eigenvalue weighted by molar-refractivity contribution is 7.87. The van der Waals surface area contributed by atoms with Crippen LogP contribution in [0.2, 0.25) is 0 Å². The summed E-state index contributed by atoms with van der Waals surface area (Å²) in [6.45, 7) is 6.83. The van der Waals surface area contributed by atoms with Gasteiger partial charge in [-0.1, -0.05) is 35.4 Å². The van der Waals surface area contributed by atoms with E-state index in [1.54, 1.807) is 38.1 Å². The lowest BCUT2D eigenvalue weighted by Crippen LogP contribution is -2.24. The molecule has 0 aromatic heterocycles. The third-order valence-electron chi connectivity index (χ3n) is 3.87. The van der Waals surface area contributed by atoms with Crippen LogP contribution in [0.5, 0.6) is 0 Å². The van der Waals surface area contributed by atoms with E-state index in [1.807, 2.05) is 13.8 Å². The molecule has 0 saturated heterocycles. The van der Waals surface area contributed by atoms with E-state index < -0.39 is 32.4 Å². The van der Waals surface area contributed by atoms with Crippen molar-refractivity contribution < 1.29 is 25.2 Å². The minimum Gasteiger partial charge on any atom is -0.263 e. The van der Waals surface area contributed by atoms with Crippen molar-refractivity contribution >= 4 is 20.2 Å². The molecule has 0 aliphatic carbocycles. The quantitative estimate of drug-likeness (QED) is 0.616. The van der Waals surface area contributed by atoms with Crippen molar-refractivity contribution in [2.75, 3.05) is 0 Å². The molecule has 0 radical (unpaired) electrons. The van der Waals surface area contributed by atoms with Crippen LogP contribution in [0.25, 0.3) is 0 Å². The Morgan fingerprint density at radius 3 is 1.26 bits per heavy atom. The maximum atomic E-state index is 12.3. The highest BCUT2D eigenvalue weighted by Crippen LogP contribution is 2.20. The van der Waals surface area contributed by atoms with Gasteiger partial charge in [-0.2, -0.15) is 16.8 Å². The Balaban J connectivity index is 1.99. The first-order valence-corrected chi connectivity index (χ1v) is 11.3. The Labute approximate surface area is 161 Å². The maximum absolute atomic E-state index is 12.3. The van der Waals surface area contributed by atoms with Crippen LogP contribution in [0.3, 0.4) is 0 Å². The van der Waals surface area contributed by atoms with E-state index >= 15 is 0 Å². The van der Waals surface area contributed by atoms with Crippen LogP contribution in [0.4, 0.5) is 0 Å². The molecule has 0 N–H and O–H groups in total. The molecular formula is C19H24O6S2. The van der Waals surface area contributed by atoms with Gasteiger partial charge >= 0.3 is 0 Å². The zero-order valence-electron chi connectivity index (χ0n) is 15.7. The van der Waals surface area contributed by atoms with E-state index in [4.69, 9.17) is 8.37 Å². The molecule has 148 valence electrons. The first-order chi connectivity index (χ1) is 12.5. The average Bonchev–Trinajstić information content (AvgIpc) is 2.54. The largest absolute Gasteiger partial charge is 0.297 e. The molecule has 2 rings (SSSR count). The summed E-state index contributed by atoms with van der Waals surface area (Å²) < 4.78 is 59.5. The number of rotatable bonds is 8. The lowest BCUT2D eigenvalue weighted by molar-refractivity contribution is 0.140. The molecule has 0 aliphatic heterocycles. The number of hydrogen-bond acceptors (Lipinski definition) is 6. The summed E-state index contributed by atoms with van der Waals surface area (Å²) in [7, 11) is -7.86. The van der Waals surface area contributed by atoms with Crippen LogP contribution in [0, 0.1) is 13.8 Å². The van der Waals surface area contributed by atoms with Crippen molar-refractivity contribution in [2.45, 2.75) is 56.1 Å². The molecule has 0 fully saturated rings. The van der Waals surface area contributed by atoms with Gasteiger partial charge in [0.05, 0.1) is 22.0 Å². The van der Waals surface area contributed by atoms with Gasteiger partial charge in [0.1, 0.15) is 0 Å². The first-order valence-electron chi connectivity index (χ1n) is 8.49. The number of benzene rings is 2. The standard InChI is InChI=1S/C19H24O6S2/c1-14-5-9-18(10-6-14)26(20,21)24-16(3)13-17(4)25-27(22,23)19-11-7-15(2)8-12-19/h5-12,16-17H,13H2,1-4H3/t16-,17?/m1/s1. The van der Waals surface area contributed by atoms with E-state index in [0.717, 1.165) is 11.1 Å². The van der Waals surface area contributed by atoms with Crippen LogP contribution in [-0.4, -0.2) is 29.0 Å². The van der Waals surface area contributed by atoms with Gasteiger partial charge in [-0.3, -0.25) is 8.37 Å². The lowest BCUT2D eigenvalue weighted by atomic mass is 10.2. The minimum atomic E-state index is -3.93. The van der Waals surface area contributed by atoms with E-state index in [1.165, 1.54) is 24.3 Å². The Hall–Kier alpha value is -1.74. The Morgan fingerprint density at radius 2 is 0.963 bits per heavy atom. The highest BCUT2D eigenvalue weighted by Gasteiger charge is 2.24. The molecule has 27 heavy (non-hydrogen) atoms. The van der Waals surface area contributed by atoms with Crippen LogP contribution >= 0.6 is 0 Å².